The number of nitrogens with zero attached hydrogens (tertiary/aromatic N) is 1. The molecule has 2 aromatic rings. The number of carbonyl (C=O) groups is 1. The van der Waals surface area contributed by atoms with E-state index in [1.807, 2.05) is 30.5 Å². The molecule has 0 fully saturated rings. The maximum Gasteiger partial charge on any atom is 0.242 e. The molecule has 0 saturated heterocycles. The van der Waals surface area contributed by atoms with Gasteiger partial charge in [0.2, 0.25) is 5.91 Å². The van der Waals surface area contributed by atoms with Gasteiger partial charge >= 0.3 is 0 Å². The van der Waals surface area contributed by atoms with E-state index in [0.29, 0.717) is 6.54 Å². The van der Waals surface area contributed by atoms with Gasteiger partial charge in [-0.1, -0.05) is 18.2 Å². The van der Waals surface area contributed by atoms with Crippen molar-refractivity contribution in [3.63, 3.8) is 0 Å². The van der Waals surface area contributed by atoms with Crippen LogP contribution in [0.2, 0.25) is 0 Å². The average Bonchev–Trinajstić information content (AvgIpc) is 3.04. The first-order chi connectivity index (χ1) is 9.72. The number of rotatable bonds is 4. The van der Waals surface area contributed by atoms with Gasteiger partial charge in [-0.05, 0) is 18.6 Å². The van der Waals surface area contributed by atoms with Crippen LogP contribution in [0.25, 0.3) is 0 Å². The number of hydrogen-bond donors (Lipinski definition) is 2. The summed E-state index contributed by atoms with van der Waals surface area (Å²) in [5.74, 6) is 0.0631. The quantitative estimate of drug-likeness (QED) is 0.906. The third kappa shape index (κ3) is 2.82. The Balaban J connectivity index is 1.49. The summed E-state index contributed by atoms with van der Waals surface area (Å²) in [6.07, 6.45) is 1.55. The number of aryl methyl sites for hydroxylation is 1. The minimum atomic E-state index is -0.149. The number of para-hydroxylation sites is 1. The molecule has 1 amide bonds. The number of fused-ring (bicyclic) bond motifs is 1. The summed E-state index contributed by atoms with van der Waals surface area (Å²) in [5.41, 5.74) is 3.33. The minimum absolute atomic E-state index is 0.0631. The van der Waals surface area contributed by atoms with Gasteiger partial charge in [-0.25, -0.2) is 4.98 Å². The average molecular weight is 287 g/mol. The van der Waals surface area contributed by atoms with E-state index < -0.39 is 0 Å². The Morgan fingerprint density at radius 2 is 2.35 bits per heavy atom. The lowest BCUT2D eigenvalue weighted by Crippen LogP contribution is -2.39. The molecule has 0 aliphatic carbocycles. The van der Waals surface area contributed by atoms with Crippen molar-refractivity contribution in [1.82, 2.24) is 10.3 Å². The molecule has 0 radical (unpaired) electrons. The maximum absolute atomic E-state index is 12.1. The first-order valence-corrected chi connectivity index (χ1v) is 7.63. The number of carbonyl (C=O) groups excluding carboxylic acids is 1. The van der Waals surface area contributed by atoms with Gasteiger partial charge in [0.15, 0.2) is 0 Å². The molecule has 2 heterocycles. The lowest BCUT2D eigenvalue weighted by Gasteiger charge is -2.11. The summed E-state index contributed by atoms with van der Waals surface area (Å²) in [5, 5.41) is 9.36. The summed E-state index contributed by atoms with van der Waals surface area (Å²) >= 11 is 1.64. The van der Waals surface area contributed by atoms with Gasteiger partial charge in [0.1, 0.15) is 6.04 Å². The third-order valence-corrected chi connectivity index (χ3v) is 4.26. The van der Waals surface area contributed by atoms with Crippen molar-refractivity contribution in [1.29, 1.82) is 0 Å². The van der Waals surface area contributed by atoms with E-state index in [0.717, 1.165) is 29.2 Å². The number of anilines is 1. The van der Waals surface area contributed by atoms with Crippen LogP contribution in [0, 0.1) is 6.92 Å². The molecule has 4 nitrogen and oxygen atoms in total. The second-order valence-electron chi connectivity index (χ2n) is 4.96. The van der Waals surface area contributed by atoms with Crippen LogP contribution in [0.3, 0.4) is 0 Å². The molecular weight excluding hydrogens is 270 g/mol. The monoisotopic (exact) mass is 287 g/mol. The van der Waals surface area contributed by atoms with E-state index >= 15 is 0 Å². The van der Waals surface area contributed by atoms with Gasteiger partial charge in [0.05, 0.1) is 10.7 Å². The van der Waals surface area contributed by atoms with Gasteiger partial charge in [-0.3, -0.25) is 4.79 Å². The highest BCUT2D eigenvalue weighted by Gasteiger charge is 2.25. The van der Waals surface area contributed by atoms with E-state index in [4.69, 9.17) is 0 Å². The molecule has 2 N–H and O–H groups in total. The Morgan fingerprint density at radius 3 is 3.10 bits per heavy atom. The van der Waals surface area contributed by atoms with Gasteiger partial charge < -0.3 is 10.6 Å². The molecule has 20 heavy (non-hydrogen) atoms. The van der Waals surface area contributed by atoms with E-state index in [1.54, 1.807) is 11.3 Å². The standard InChI is InChI=1S/C15H17N3OS/c1-10-17-12(9-20-10)6-7-16-15(19)14-8-11-4-2-3-5-13(11)18-14/h2-5,9,14,18H,6-8H2,1H3,(H,16,19)/t14-/m0/s1. The molecular formula is C15H17N3OS. The first kappa shape index (κ1) is 13.1. The molecule has 5 heteroatoms. The topological polar surface area (TPSA) is 54.0 Å². The molecule has 104 valence electrons. The number of benzene rings is 1. The lowest BCUT2D eigenvalue weighted by atomic mass is 10.1. The number of hydrogen-bond acceptors (Lipinski definition) is 4. The van der Waals surface area contributed by atoms with E-state index in [2.05, 4.69) is 21.7 Å². The van der Waals surface area contributed by atoms with Crippen LogP contribution in [0.5, 0.6) is 0 Å². The molecule has 3 rings (SSSR count). The van der Waals surface area contributed by atoms with Crippen LogP contribution in [0.4, 0.5) is 5.69 Å². The second kappa shape index (κ2) is 5.63. The Labute approximate surface area is 122 Å². The van der Waals surface area contributed by atoms with Crippen molar-refractivity contribution in [3.05, 3.63) is 45.9 Å². The fourth-order valence-corrected chi connectivity index (χ4v) is 3.06. The Bertz CT molecular complexity index is 598. The van der Waals surface area contributed by atoms with E-state index in [-0.39, 0.29) is 11.9 Å². The van der Waals surface area contributed by atoms with Crippen molar-refractivity contribution in [2.24, 2.45) is 0 Å². The molecule has 0 bridgehead atoms. The smallest absolute Gasteiger partial charge is 0.242 e. The number of nitrogens with one attached hydrogen (secondary N) is 2. The summed E-state index contributed by atoms with van der Waals surface area (Å²) in [6.45, 7) is 2.63. The summed E-state index contributed by atoms with van der Waals surface area (Å²) in [4.78, 5) is 16.5. The molecule has 1 aliphatic rings. The van der Waals surface area contributed by atoms with Crippen LogP contribution >= 0.6 is 11.3 Å². The molecule has 1 aromatic heterocycles. The highest BCUT2D eigenvalue weighted by molar-refractivity contribution is 7.09. The van der Waals surface area contributed by atoms with Crippen LogP contribution in [-0.4, -0.2) is 23.5 Å². The summed E-state index contributed by atoms with van der Waals surface area (Å²) in [7, 11) is 0. The van der Waals surface area contributed by atoms with Crippen molar-refractivity contribution in [3.8, 4) is 0 Å². The Hall–Kier alpha value is -1.88. The third-order valence-electron chi connectivity index (χ3n) is 3.43. The largest absolute Gasteiger partial charge is 0.373 e. The van der Waals surface area contributed by atoms with Crippen LogP contribution in [0.1, 0.15) is 16.3 Å². The minimum Gasteiger partial charge on any atom is -0.373 e. The molecule has 0 unspecified atom stereocenters. The lowest BCUT2D eigenvalue weighted by molar-refractivity contribution is -0.121. The number of amides is 1. The van der Waals surface area contributed by atoms with Gasteiger partial charge in [0, 0.05) is 30.5 Å². The zero-order chi connectivity index (χ0) is 13.9. The van der Waals surface area contributed by atoms with Gasteiger partial charge in [-0.2, -0.15) is 0 Å². The summed E-state index contributed by atoms with van der Waals surface area (Å²) in [6, 6.07) is 7.92. The zero-order valence-electron chi connectivity index (χ0n) is 11.3. The SMILES string of the molecule is Cc1nc(CCNC(=O)[C@@H]2Cc3ccccc3N2)cs1. The van der Waals surface area contributed by atoms with Gasteiger partial charge in [-0.15, -0.1) is 11.3 Å². The molecule has 0 spiro atoms. The highest BCUT2D eigenvalue weighted by atomic mass is 32.1. The first-order valence-electron chi connectivity index (χ1n) is 6.75. The molecule has 1 atom stereocenters. The Morgan fingerprint density at radius 1 is 1.50 bits per heavy atom. The van der Waals surface area contributed by atoms with Crippen LogP contribution in [0.15, 0.2) is 29.6 Å². The molecule has 1 aromatic carbocycles. The van der Waals surface area contributed by atoms with Gasteiger partial charge in [0.25, 0.3) is 0 Å². The molecule has 0 saturated carbocycles. The van der Waals surface area contributed by atoms with Crippen LogP contribution in [-0.2, 0) is 17.6 Å². The van der Waals surface area contributed by atoms with Crippen LogP contribution < -0.4 is 10.6 Å². The highest BCUT2D eigenvalue weighted by Crippen LogP contribution is 2.24. The predicted molar refractivity (Wildman–Crippen MR) is 81.1 cm³/mol. The Kier molecular flexibility index (Phi) is 3.69. The van der Waals surface area contributed by atoms with Crippen molar-refractivity contribution in [2.75, 3.05) is 11.9 Å². The molecule has 1 aliphatic heterocycles. The normalized spacial score (nSPS) is 16.6. The number of thiazole rings is 1. The second-order valence-corrected chi connectivity index (χ2v) is 6.02. The summed E-state index contributed by atoms with van der Waals surface area (Å²) < 4.78 is 0. The van der Waals surface area contributed by atoms with Crippen molar-refractivity contribution in [2.45, 2.75) is 25.8 Å². The van der Waals surface area contributed by atoms with Crippen molar-refractivity contribution < 1.29 is 4.79 Å². The van der Waals surface area contributed by atoms with E-state index in [1.165, 1.54) is 5.56 Å². The zero-order valence-corrected chi connectivity index (χ0v) is 12.2. The fraction of sp³-hybridized carbons (Fsp3) is 0.333. The van der Waals surface area contributed by atoms with Crippen molar-refractivity contribution >= 4 is 22.9 Å². The van der Waals surface area contributed by atoms with E-state index in [9.17, 15) is 4.79 Å². The predicted octanol–water partition coefficient (Wildman–Crippen LogP) is 2.15. The number of aromatic nitrogens is 1. The maximum atomic E-state index is 12.1. The fourth-order valence-electron chi connectivity index (χ4n) is 2.42.